The number of hydrogen-bond donors (Lipinski definition) is 4. The van der Waals surface area contributed by atoms with Crippen molar-refractivity contribution in [1.29, 1.82) is 0 Å². The topological polar surface area (TPSA) is 159 Å². The van der Waals surface area contributed by atoms with E-state index >= 15 is 0 Å². The quantitative estimate of drug-likeness (QED) is 0.349. The lowest BCUT2D eigenvalue weighted by atomic mass is 10.1. The van der Waals surface area contributed by atoms with Gasteiger partial charge in [0.05, 0.1) is 0 Å². The Labute approximate surface area is 146 Å². The molecule has 10 heteroatoms. The molecule has 10 nitrogen and oxygen atoms in total. The van der Waals surface area contributed by atoms with E-state index in [0.29, 0.717) is 19.4 Å². The molecule has 0 aromatic carbocycles. The lowest BCUT2D eigenvalue weighted by molar-refractivity contribution is -0.150. The molecule has 0 saturated heterocycles. The first-order valence-electron chi connectivity index (χ1n) is 7.92. The van der Waals surface area contributed by atoms with Crippen molar-refractivity contribution in [2.45, 2.75) is 52.1 Å². The molecule has 0 fully saturated rings. The highest BCUT2D eigenvalue weighted by Crippen LogP contribution is 2.11. The van der Waals surface area contributed by atoms with E-state index < -0.39 is 48.2 Å². The van der Waals surface area contributed by atoms with Gasteiger partial charge in [0.25, 0.3) is 0 Å². The van der Waals surface area contributed by atoms with Gasteiger partial charge in [-0.2, -0.15) is 0 Å². The lowest BCUT2D eigenvalue weighted by Crippen LogP contribution is -2.55. The van der Waals surface area contributed by atoms with Crippen LogP contribution in [0.5, 0.6) is 0 Å². The summed E-state index contributed by atoms with van der Waals surface area (Å²) >= 11 is 0. The molecule has 0 heterocycles. The number of carbonyl (C=O) groups is 5. The molecule has 0 radical (unpaired) electrons. The van der Waals surface area contributed by atoms with Gasteiger partial charge in [0, 0.05) is 13.8 Å². The Morgan fingerprint density at radius 2 is 1.60 bits per heavy atom. The number of carbonyl (C=O) groups excluding carboxylic acids is 4. The highest BCUT2D eigenvalue weighted by Gasteiger charge is 2.32. The first kappa shape index (κ1) is 22.5. The highest BCUT2D eigenvalue weighted by molar-refractivity contribution is 5.99. The SMILES string of the molecule is CC(=O)N(C(C)=O)[C@@H](CCCCN)C(=O)N[C@H](C)C(=O)NCC(=O)O. The fourth-order valence-electron chi connectivity index (χ4n) is 2.21. The largest absolute Gasteiger partial charge is 0.480 e. The molecular formula is C15H26N4O6. The third-order valence-corrected chi connectivity index (χ3v) is 3.39. The molecule has 0 rings (SSSR count). The Bertz CT molecular complexity index is 508. The zero-order valence-corrected chi connectivity index (χ0v) is 14.7. The second-order valence-electron chi connectivity index (χ2n) is 5.55. The molecule has 5 N–H and O–H groups in total. The molecule has 4 amide bonds. The van der Waals surface area contributed by atoms with Crippen molar-refractivity contribution in [3.8, 4) is 0 Å². The van der Waals surface area contributed by atoms with Crippen LogP contribution in [0.15, 0.2) is 0 Å². The molecule has 0 spiro atoms. The summed E-state index contributed by atoms with van der Waals surface area (Å²) in [4.78, 5) is 58.9. The third-order valence-electron chi connectivity index (χ3n) is 3.39. The minimum Gasteiger partial charge on any atom is -0.480 e. The van der Waals surface area contributed by atoms with Crippen LogP contribution in [0.3, 0.4) is 0 Å². The smallest absolute Gasteiger partial charge is 0.322 e. The van der Waals surface area contributed by atoms with Gasteiger partial charge in [0.15, 0.2) is 0 Å². The predicted octanol–water partition coefficient (Wildman–Crippen LogP) is -1.42. The van der Waals surface area contributed by atoms with Gasteiger partial charge in [-0.25, -0.2) is 0 Å². The Morgan fingerprint density at radius 3 is 2.04 bits per heavy atom. The number of amides is 4. The van der Waals surface area contributed by atoms with Gasteiger partial charge in [-0.05, 0) is 32.7 Å². The van der Waals surface area contributed by atoms with E-state index in [2.05, 4.69) is 10.6 Å². The van der Waals surface area contributed by atoms with Crippen LogP contribution >= 0.6 is 0 Å². The molecule has 0 saturated carbocycles. The third kappa shape index (κ3) is 8.25. The van der Waals surface area contributed by atoms with E-state index in [1.54, 1.807) is 0 Å². The van der Waals surface area contributed by atoms with Gasteiger partial charge in [-0.3, -0.25) is 28.9 Å². The number of nitrogens with zero attached hydrogens (tertiary/aromatic N) is 1. The number of aliphatic carboxylic acids is 1. The molecule has 0 bridgehead atoms. The van der Waals surface area contributed by atoms with E-state index in [4.69, 9.17) is 10.8 Å². The number of imide groups is 1. The standard InChI is InChI=1S/C15H26N4O6/c1-9(14(24)17-8-13(22)23)18-15(25)12(6-4-5-7-16)19(10(2)20)11(3)21/h9,12H,4-8,16H2,1-3H3,(H,17,24)(H,18,25)(H,22,23)/t9-,12+/m1/s1. The van der Waals surface area contributed by atoms with Crippen molar-refractivity contribution in [3.63, 3.8) is 0 Å². The van der Waals surface area contributed by atoms with Gasteiger partial charge in [-0.15, -0.1) is 0 Å². The van der Waals surface area contributed by atoms with Crippen molar-refractivity contribution in [2.75, 3.05) is 13.1 Å². The number of carboxylic acids is 1. The molecule has 142 valence electrons. The number of nitrogens with one attached hydrogen (secondary N) is 2. The summed E-state index contributed by atoms with van der Waals surface area (Å²) in [7, 11) is 0. The van der Waals surface area contributed by atoms with Crippen molar-refractivity contribution in [2.24, 2.45) is 5.73 Å². The summed E-state index contributed by atoms with van der Waals surface area (Å²) < 4.78 is 0. The van der Waals surface area contributed by atoms with Gasteiger partial charge < -0.3 is 21.5 Å². The average Bonchev–Trinajstić information content (AvgIpc) is 2.50. The summed E-state index contributed by atoms with van der Waals surface area (Å²) in [6.07, 6.45) is 1.35. The van der Waals surface area contributed by atoms with Gasteiger partial charge in [0.1, 0.15) is 18.6 Å². The maximum Gasteiger partial charge on any atom is 0.322 e. The number of nitrogens with two attached hydrogens (primary N) is 1. The van der Waals surface area contributed by atoms with Gasteiger partial charge >= 0.3 is 5.97 Å². The number of carboxylic acid groups (broad SMARTS) is 1. The van der Waals surface area contributed by atoms with E-state index in [1.165, 1.54) is 20.8 Å². The van der Waals surface area contributed by atoms with E-state index in [9.17, 15) is 24.0 Å². The molecule has 2 atom stereocenters. The Hall–Kier alpha value is -2.49. The van der Waals surface area contributed by atoms with Crippen LogP contribution in [0.2, 0.25) is 0 Å². The Kier molecular flexibility index (Phi) is 10.0. The molecule has 0 aliphatic rings. The zero-order valence-electron chi connectivity index (χ0n) is 14.7. The Morgan fingerprint density at radius 1 is 1.04 bits per heavy atom. The van der Waals surface area contributed by atoms with E-state index in [0.717, 1.165) is 4.90 Å². The first-order valence-corrected chi connectivity index (χ1v) is 7.92. The first-order chi connectivity index (χ1) is 11.6. The predicted molar refractivity (Wildman–Crippen MR) is 88.1 cm³/mol. The maximum atomic E-state index is 12.5. The molecule has 0 aliphatic heterocycles. The molecule has 0 aromatic rings. The van der Waals surface area contributed by atoms with Crippen LogP contribution < -0.4 is 16.4 Å². The summed E-state index contributed by atoms with van der Waals surface area (Å²) in [5, 5.41) is 13.1. The van der Waals surface area contributed by atoms with E-state index in [1.807, 2.05) is 0 Å². The second-order valence-corrected chi connectivity index (χ2v) is 5.55. The molecule has 0 aliphatic carbocycles. The van der Waals surface area contributed by atoms with Crippen LogP contribution in [0, 0.1) is 0 Å². The monoisotopic (exact) mass is 358 g/mol. The normalized spacial score (nSPS) is 12.6. The van der Waals surface area contributed by atoms with Crippen molar-refractivity contribution < 1.29 is 29.1 Å². The van der Waals surface area contributed by atoms with Crippen LogP contribution in [-0.2, 0) is 24.0 Å². The van der Waals surface area contributed by atoms with Crippen molar-refractivity contribution >= 4 is 29.6 Å². The minimum absolute atomic E-state index is 0.214. The summed E-state index contributed by atoms with van der Waals surface area (Å²) in [5.74, 6) is -3.73. The van der Waals surface area contributed by atoms with Gasteiger partial charge in [0.2, 0.25) is 23.6 Å². The van der Waals surface area contributed by atoms with Crippen LogP contribution in [0.1, 0.15) is 40.0 Å². The fraction of sp³-hybridized carbons (Fsp3) is 0.667. The lowest BCUT2D eigenvalue weighted by Gasteiger charge is -2.28. The Balaban J connectivity index is 5.07. The summed E-state index contributed by atoms with van der Waals surface area (Å²) in [6, 6.07) is -2.08. The average molecular weight is 358 g/mol. The van der Waals surface area contributed by atoms with E-state index in [-0.39, 0.29) is 6.42 Å². The van der Waals surface area contributed by atoms with Crippen LogP contribution in [0.4, 0.5) is 0 Å². The second kappa shape index (κ2) is 11.1. The number of unbranched alkanes of at least 4 members (excludes halogenated alkanes) is 1. The summed E-state index contributed by atoms with van der Waals surface area (Å²) in [6.45, 7) is 3.55. The number of rotatable bonds is 10. The van der Waals surface area contributed by atoms with Crippen molar-refractivity contribution in [1.82, 2.24) is 15.5 Å². The zero-order chi connectivity index (χ0) is 19.6. The molecular weight excluding hydrogens is 332 g/mol. The minimum atomic E-state index is -1.22. The van der Waals surface area contributed by atoms with Crippen molar-refractivity contribution in [3.05, 3.63) is 0 Å². The molecule has 25 heavy (non-hydrogen) atoms. The molecule has 0 unspecified atom stereocenters. The van der Waals surface area contributed by atoms with Gasteiger partial charge in [-0.1, -0.05) is 0 Å². The maximum absolute atomic E-state index is 12.5. The summed E-state index contributed by atoms with van der Waals surface area (Å²) in [5.41, 5.74) is 5.42. The fourth-order valence-corrected chi connectivity index (χ4v) is 2.21. The number of hydrogen-bond acceptors (Lipinski definition) is 6. The highest BCUT2D eigenvalue weighted by atomic mass is 16.4. The molecule has 0 aromatic heterocycles. The van der Waals surface area contributed by atoms with Crippen LogP contribution in [0.25, 0.3) is 0 Å². The van der Waals surface area contributed by atoms with Crippen LogP contribution in [-0.4, -0.2) is 64.8 Å².